The second-order valence-corrected chi connectivity index (χ2v) is 5.83. The van der Waals surface area contributed by atoms with Gasteiger partial charge in [0.05, 0.1) is 23.7 Å². The van der Waals surface area contributed by atoms with Crippen LogP contribution >= 0.6 is 0 Å². The monoisotopic (exact) mass is 332 g/mol. The Hall–Kier alpha value is -3.41. The lowest BCUT2D eigenvalue weighted by molar-refractivity contribution is 0.102. The van der Waals surface area contributed by atoms with E-state index in [2.05, 4.69) is 15.3 Å². The van der Waals surface area contributed by atoms with E-state index in [1.165, 1.54) is 0 Å². The Morgan fingerprint density at radius 2 is 2.08 bits per heavy atom. The van der Waals surface area contributed by atoms with Crippen molar-refractivity contribution < 1.29 is 9.21 Å². The SMILES string of the molecule is Cc1cc(C)n2ccc(C(=O)Nc3ccc(-c4ccco4)nc3)c2n1. The number of amides is 1. The molecule has 0 atom stereocenters. The molecule has 25 heavy (non-hydrogen) atoms. The normalized spacial score (nSPS) is 11.0. The van der Waals surface area contributed by atoms with Crippen LogP contribution in [-0.2, 0) is 0 Å². The number of hydrogen-bond donors (Lipinski definition) is 1. The molecule has 0 aromatic carbocycles. The number of hydrogen-bond acceptors (Lipinski definition) is 4. The third kappa shape index (κ3) is 2.78. The van der Waals surface area contributed by atoms with Crippen LogP contribution < -0.4 is 5.32 Å². The minimum atomic E-state index is -0.215. The first-order valence-electron chi connectivity index (χ1n) is 7.88. The highest BCUT2D eigenvalue weighted by molar-refractivity contribution is 6.08. The largest absolute Gasteiger partial charge is 0.463 e. The lowest BCUT2D eigenvalue weighted by Crippen LogP contribution is -2.12. The van der Waals surface area contributed by atoms with Gasteiger partial charge in [-0.05, 0) is 50.2 Å². The Morgan fingerprint density at radius 1 is 1.20 bits per heavy atom. The van der Waals surface area contributed by atoms with E-state index in [1.54, 1.807) is 30.7 Å². The van der Waals surface area contributed by atoms with E-state index in [-0.39, 0.29) is 5.91 Å². The Morgan fingerprint density at radius 3 is 2.80 bits per heavy atom. The number of anilines is 1. The number of aromatic nitrogens is 3. The van der Waals surface area contributed by atoms with Crippen LogP contribution in [0.15, 0.2) is 59.5 Å². The zero-order valence-electron chi connectivity index (χ0n) is 13.9. The van der Waals surface area contributed by atoms with Crippen molar-refractivity contribution in [1.29, 1.82) is 0 Å². The molecule has 4 heterocycles. The van der Waals surface area contributed by atoms with Gasteiger partial charge in [0.2, 0.25) is 0 Å². The van der Waals surface area contributed by atoms with Crippen molar-refractivity contribution in [2.24, 2.45) is 0 Å². The third-order valence-electron chi connectivity index (χ3n) is 3.98. The number of nitrogens with zero attached hydrogens (tertiary/aromatic N) is 3. The Bertz CT molecular complexity index is 1050. The number of rotatable bonds is 3. The molecule has 0 saturated carbocycles. The van der Waals surface area contributed by atoms with Gasteiger partial charge in [0.1, 0.15) is 11.3 Å². The molecule has 4 aromatic rings. The number of fused-ring (bicyclic) bond motifs is 1. The maximum atomic E-state index is 12.6. The molecule has 0 saturated heterocycles. The van der Waals surface area contributed by atoms with Crippen LogP contribution in [0.3, 0.4) is 0 Å². The highest BCUT2D eigenvalue weighted by Crippen LogP contribution is 2.20. The fraction of sp³-hybridized carbons (Fsp3) is 0.105. The molecule has 1 amide bonds. The molecule has 0 unspecified atom stereocenters. The average Bonchev–Trinajstić information content (AvgIpc) is 3.25. The van der Waals surface area contributed by atoms with Crippen molar-refractivity contribution in [3.05, 3.63) is 72.0 Å². The molecular weight excluding hydrogens is 316 g/mol. The standard InChI is InChI=1S/C19H16N4O2/c1-12-10-13(2)23-8-7-15(18(23)21-12)19(24)22-14-5-6-16(20-11-14)17-4-3-9-25-17/h3-11H,1-2H3,(H,22,24). The molecule has 0 spiro atoms. The van der Waals surface area contributed by atoms with Gasteiger partial charge in [-0.15, -0.1) is 0 Å². The Kier molecular flexibility index (Phi) is 3.57. The van der Waals surface area contributed by atoms with Crippen LogP contribution in [-0.4, -0.2) is 20.3 Å². The smallest absolute Gasteiger partial charge is 0.259 e. The number of pyridine rings is 1. The number of nitrogens with one attached hydrogen (secondary N) is 1. The van der Waals surface area contributed by atoms with Crippen molar-refractivity contribution in [3.63, 3.8) is 0 Å². The summed E-state index contributed by atoms with van der Waals surface area (Å²) in [6.07, 6.45) is 5.06. The van der Waals surface area contributed by atoms with Crippen molar-refractivity contribution >= 4 is 17.2 Å². The molecular formula is C19H16N4O2. The van der Waals surface area contributed by atoms with Crippen molar-refractivity contribution in [1.82, 2.24) is 14.4 Å². The zero-order chi connectivity index (χ0) is 17.4. The van der Waals surface area contributed by atoms with Crippen molar-refractivity contribution in [2.75, 3.05) is 5.32 Å². The molecule has 6 nitrogen and oxygen atoms in total. The summed E-state index contributed by atoms with van der Waals surface area (Å²) in [5.41, 5.74) is 4.42. The van der Waals surface area contributed by atoms with Crippen LogP contribution in [0.2, 0.25) is 0 Å². The molecule has 6 heteroatoms. The van der Waals surface area contributed by atoms with E-state index in [9.17, 15) is 4.79 Å². The second-order valence-electron chi connectivity index (χ2n) is 5.83. The summed E-state index contributed by atoms with van der Waals surface area (Å²) in [5, 5.41) is 2.86. The van der Waals surface area contributed by atoms with Gasteiger partial charge in [0.25, 0.3) is 5.91 Å². The fourth-order valence-corrected chi connectivity index (χ4v) is 2.81. The fourth-order valence-electron chi connectivity index (χ4n) is 2.81. The molecule has 124 valence electrons. The van der Waals surface area contributed by atoms with Crippen molar-refractivity contribution in [3.8, 4) is 11.5 Å². The second kappa shape index (κ2) is 5.90. The first kappa shape index (κ1) is 15.1. The highest BCUT2D eigenvalue weighted by Gasteiger charge is 2.14. The molecule has 0 aliphatic carbocycles. The zero-order valence-corrected chi connectivity index (χ0v) is 13.9. The average molecular weight is 332 g/mol. The predicted octanol–water partition coefficient (Wildman–Crippen LogP) is 3.86. The van der Waals surface area contributed by atoms with E-state index in [4.69, 9.17) is 4.42 Å². The van der Waals surface area contributed by atoms with Gasteiger partial charge in [0.15, 0.2) is 5.76 Å². The Balaban J connectivity index is 1.60. The molecule has 0 fully saturated rings. The first-order chi connectivity index (χ1) is 12.1. The van der Waals surface area contributed by atoms with Gasteiger partial charge in [-0.2, -0.15) is 0 Å². The summed E-state index contributed by atoms with van der Waals surface area (Å²) in [4.78, 5) is 21.4. The van der Waals surface area contributed by atoms with Gasteiger partial charge in [-0.25, -0.2) is 4.98 Å². The molecule has 1 N–H and O–H groups in total. The maximum absolute atomic E-state index is 12.6. The van der Waals surface area contributed by atoms with Crippen molar-refractivity contribution in [2.45, 2.75) is 13.8 Å². The molecule has 0 aliphatic rings. The maximum Gasteiger partial charge on any atom is 0.259 e. The topological polar surface area (TPSA) is 72.4 Å². The Labute approximate surface area is 144 Å². The number of carbonyl (C=O) groups is 1. The van der Waals surface area contributed by atoms with Gasteiger partial charge in [-0.1, -0.05) is 0 Å². The van der Waals surface area contributed by atoms with Crippen LogP contribution in [0.25, 0.3) is 17.1 Å². The molecule has 4 aromatic heterocycles. The summed E-state index contributed by atoms with van der Waals surface area (Å²) in [6, 6.07) is 11.0. The number of carbonyl (C=O) groups excluding carboxylic acids is 1. The van der Waals surface area contributed by atoms with E-state index >= 15 is 0 Å². The van der Waals surface area contributed by atoms with Gasteiger partial charge >= 0.3 is 0 Å². The van der Waals surface area contributed by atoms with Gasteiger partial charge < -0.3 is 14.1 Å². The van der Waals surface area contributed by atoms with E-state index < -0.39 is 0 Å². The van der Waals surface area contributed by atoms with Crippen LogP contribution in [0.4, 0.5) is 5.69 Å². The summed E-state index contributed by atoms with van der Waals surface area (Å²) in [7, 11) is 0. The summed E-state index contributed by atoms with van der Waals surface area (Å²) >= 11 is 0. The number of aryl methyl sites for hydroxylation is 2. The van der Waals surface area contributed by atoms with E-state index in [0.29, 0.717) is 28.4 Å². The van der Waals surface area contributed by atoms with E-state index in [0.717, 1.165) is 11.4 Å². The summed E-state index contributed by atoms with van der Waals surface area (Å²) in [5.74, 6) is 0.471. The van der Waals surface area contributed by atoms with Gasteiger partial charge in [-0.3, -0.25) is 9.78 Å². The molecule has 0 radical (unpaired) electrons. The molecule has 0 aliphatic heterocycles. The predicted molar refractivity (Wildman–Crippen MR) is 94.6 cm³/mol. The lowest BCUT2D eigenvalue weighted by atomic mass is 10.2. The summed E-state index contributed by atoms with van der Waals surface area (Å²) < 4.78 is 7.21. The number of furan rings is 1. The molecule has 0 bridgehead atoms. The third-order valence-corrected chi connectivity index (χ3v) is 3.98. The minimum absolute atomic E-state index is 0.215. The van der Waals surface area contributed by atoms with Crippen LogP contribution in [0.1, 0.15) is 21.7 Å². The van der Waals surface area contributed by atoms with Crippen LogP contribution in [0.5, 0.6) is 0 Å². The highest BCUT2D eigenvalue weighted by atomic mass is 16.3. The summed E-state index contributed by atoms with van der Waals surface area (Å²) in [6.45, 7) is 3.90. The van der Waals surface area contributed by atoms with E-state index in [1.807, 2.05) is 42.6 Å². The van der Waals surface area contributed by atoms with Gasteiger partial charge in [0, 0.05) is 17.6 Å². The molecule has 4 rings (SSSR count). The lowest BCUT2D eigenvalue weighted by Gasteiger charge is -2.06. The minimum Gasteiger partial charge on any atom is -0.463 e. The van der Waals surface area contributed by atoms with Crippen LogP contribution in [0, 0.1) is 13.8 Å². The first-order valence-corrected chi connectivity index (χ1v) is 7.88. The quantitative estimate of drug-likeness (QED) is 0.618.